The zero-order chi connectivity index (χ0) is 12.5. The molecule has 1 saturated heterocycles. The van der Waals surface area contributed by atoms with Crippen molar-refractivity contribution in [1.82, 2.24) is 4.90 Å². The standard InChI is InChI=1S/C11H18ClNO3/c1-7(11(2,3)12)13-8(10(15)16-4)5-6-9(13)14/h7-8H,5-6H2,1-4H3. The fourth-order valence-corrected chi connectivity index (χ4v) is 1.99. The van der Waals surface area contributed by atoms with Crippen LogP contribution < -0.4 is 0 Å². The third-order valence-corrected chi connectivity index (χ3v) is 3.46. The number of amides is 1. The Bertz CT molecular complexity index is 298. The maximum atomic E-state index is 11.8. The van der Waals surface area contributed by atoms with Gasteiger partial charge in [0, 0.05) is 12.5 Å². The summed E-state index contributed by atoms with van der Waals surface area (Å²) in [5.41, 5.74) is 0. The van der Waals surface area contributed by atoms with E-state index in [4.69, 9.17) is 16.3 Å². The van der Waals surface area contributed by atoms with Gasteiger partial charge in [-0.25, -0.2) is 4.79 Å². The second kappa shape index (κ2) is 4.62. The predicted octanol–water partition coefficient (Wildman–Crippen LogP) is 1.56. The van der Waals surface area contributed by atoms with Crippen molar-refractivity contribution in [2.24, 2.45) is 0 Å². The summed E-state index contributed by atoms with van der Waals surface area (Å²) < 4.78 is 4.70. The number of ether oxygens (including phenoxy) is 1. The van der Waals surface area contributed by atoms with Gasteiger partial charge in [-0.3, -0.25) is 4.79 Å². The number of hydrogen-bond acceptors (Lipinski definition) is 3. The van der Waals surface area contributed by atoms with Crippen molar-refractivity contribution in [3.63, 3.8) is 0 Å². The molecule has 2 unspecified atom stereocenters. The molecular formula is C11H18ClNO3. The van der Waals surface area contributed by atoms with Crippen molar-refractivity contribution >= 4 is 23.5 Å². The zero-order valence-corrected chi connectivity index (χ0v) is 10.9. The Hall–Kier alpha value is -0.770. The van der Waals surface area contributed by atoms with E-state index in [-0.39, 0.29) is 17.9 Å². The molecule has 0 aromatic rings. The van der Waals surface area contributed by atoms with Crippen molar-refractivity contribution in [3.05, 3.63) is 0 Å². The minimum atomic E-state index is -0.563. The van der Waals surface area contributed by atoms with Crippen LogP contribution in [0.1, 0.15) is 33.6 Å². The molecule has 2 atom stereocenters. The molecule has 1 fully saturated rings. The fraction of sp³-hybridized carbons (Fsp3) is 0.818. The first-order valence-corrected chi connectivity index (χ1v) is 5.74. The van der Waals surface area contributed by atoms with Gasteiger partial charge in [0.1, 0.15) is 6.04 Å². The third kappa shape index (κ3) is 2.48. The number of rotatable bonds is 3. The van der Waals surface area contributed by atoms with Crippen molar-refractivity contribution in [1.29, 1.82) is 0 Å². The molecule has 1 amide bonds. The average molecular weight is 248 g/mol. The lowest BCUT2D eigenvalue weighted by molar-refractivity contribution is -0.150. The first kappa shape index (κ1) is 13.3. The molecule has 1 aliphatic heterocycles. The maximum Gasteiger partial charge on any atom is 0.328 e. The molecule has 0 aromatic carbocycles. The number of carbonyl (C=O) groups excluding carboxylic acids is 2. The molecule has 16 heavy (non-hydrogen) atoms. The number of nitrogens with zero attached hydrogens (tertiary/aromatic N) is 1. The van der Waals surface area contributed by atoms with Gasteiger partial charge in [0.05, 0.1) is 12.0 Å². The molecule has 0 radical (unpaired) electrons. The third-order valence-electron chi connectivity index (χ3n) is 3.14. The summed E-state index contributed by atoms with van der Waals surface area (Å²) in [6, 6.07) is -0.682. The number of halogens is 1. The first-order chi connectivity index (χ1) is 7.29. The van der Waals surface area contributed by atoms with Crippen molar-refractivity contribution < 1.29 is 14.3 Å². The van der Waals surface area contributed by atoms with Gasteiger partial charge in [-0.05, 0) is 27.2 Å². The molecule has 0 spiro atoms. The van der Waals surface area contributed by atoms with Gasteiger partial charge in [-0.15, -0.1) is 11.6 Å². The highest BCUT2D eigenvalue weighted by molar-refractivity contribution is 6.24. The molecular weight excluding hydrogens is 230 g/mol. The minimum Gasteiger partial charge on any atom is -0.467 e. The van der Waals surface area contributed by atoms with Crippen LogP contribution in [-0.4, -0.2) is 40.8 Å². The number of carbonyl (C=O) groups is 2. The van der Waals surface area contributed by atoms with E-state index in [1.165, 1.54) is 7.11 Å². The lowest BCUT2D eigenvalue weighted by atomic mass is 10.0. The summed E-state index contributed by atoms with van der Waals surface area (Å²) in [5, 5.41) is 0. The zero-order valence-electron chi connectivity index (χ0n) is 10.1. The van der Waals surface area contributed by atoms with Gasteiger partial charge >= 0.3 is 5.97 Å². The van der Waals surface area contributed by atoms with Crippen LogP contribution in [0, 0.1) is 0 Å². The lowest BCUT2D eigenvalue weighted by Gasteiger charge is -2.36. The fourth-order valence-electron chi connectivity index (χ4n) is 1.89. The van der Waals surface area contributed by atoms with Crippen molar-refractivity contribution in [3.8, 4) is 0 Å². The Kier molecular flexibility index (Phi) is 3.84. The van der Waals surface area contributed by atoms with E-state index in [1.54, 1.807) is 4.90 Å². The van der Waals surface area contributed by atoms with Crippen molar-refractivity contribution in [2.75, 3.05) is 7.11 Å². The first-order valence-electron chi connectivity index (χ1n) is 5.37. The van der Waals surface area contributed by atoms with Crippen LogP contribution in [0.4, 0.5) is 0 Å². The smallest absolute Gasteiger partial charge is 0.328 e. The second-order valence-corrected chi connectivity index (χ2v) is 5.59. The predicted molar refractivity (Wildman–Crippen MR) is 61.3 cm³/mol. The number of likely N-dealkylation sites (tertiary alicyclic amines) is 1. The maximum absolute atomic E-state index is 11.8. The Morgan fingerprint density at radius 3 is 2.62 bits per heavy atom. The highest BCUT2D eigenvalue weighted by Crippen LogP contribution is 2.30. The summed E-state index contributed by atoms with van der Waals surface area (Å²) in [7, 11) is 1.33. The van der Waals surface area contributed by atoms with E-state index in [9.17, 15) is 9.59 Å². The molecule has 0 bridgehead atoms. The summed E-state index contributed by atoms with van der Waals surface area (Å²) in [6.07, 6.45) is 0.903. The molecule has 5 heteroatoms. The monoisotopic (exact) mass is 247 g/mol. The van der Waals surface area contributed by atoms with Crippen LogP contribution in [0.3, 0.4) is 0 Å². The number of hydrogen-bond donors (Lipinski definition) is 0. The molecule has 0 aliphatic carbocycles. The van der Waals surface area contributed by atoms with Gasteiger partial charge in [0.15, 0.2) is 0 Å². The largest absolute Gasteiger partial charge is 0.467 e. The van der Waals surface area contributed by atoms with Crippen LogP contribution in [0.25, 0.3) is 0 Å². The SMILES string of the molecule is COC(=O)C1CCC(=O)N1C(C)C(C)(C)Cl. The molecule has 0 N–H and O–H groups in total. The van der Waals surface area contributed by atoms with Gasteiger partial charge in [0.2, 0.25) is 5.91 Å². The molecule has 1 rings (SSSR count). The van der Waals surface area contributed by atoms with Crippen LogP contribution in [0.15, 0.2) is 0 Å². The van der Waals surface area contributed by atoms with E-state index in [2.05, 4.69) is 0 Å². The molecule has 1 heterocycles. The van der Waals surface area contributed by atoms with Crippen LogP contribution in [-0.2, 0) is 14.3 Å². The number of esters is 1. The topological polar surface area (TPSA) is 46.6 Å². The summed E-state index contributed by atoms with van der Waals surface area (Å²) in [4.78, 5) is 24.3. The Balaban J connectivity index is 2.90. The van der Waals surface area contributed by atoms with E-state index in [0.29, 0.717) is 12.8 Å². The molecule has 0 saturated carbocycles. The second-order valence-electron chi connectivity index (χ2n) is 4.62. The highest BCUT2D eigenvalue weighted by Gasteiger charge is 2.43. The van der Waals surface area contributed by atoms with Crippen LogP contribution in [0.5, 0.6) is 0 Å². The van der Waals surface area contributed by atoms with E-state index in [1.807, 2.05) is 20.8 Å². The van der Waals surface area contributed by atoms with E-state index >= 15 is 0 Å². The number of methoxy groups -OCH3 is 1. The van der Waals surface area contributed by atoms with Gasteiger partial charge in [-0.1, -0.05) is 0 Å². The van der Waals surface area contributed by atoms with Gasteiger partial charge in [-0.2, -0.15) is 0 Å². The summed E-state index contributed by atoms with van der Waals surface area (Å²) >= 11 is 6.20. The molecule has 92 valence electrons. The Morgan fingerprint density at radius 1 is 1.62 bits per heavy atom. The average Bonchev–Trinajstić information content (AvgIpc) is 2.56. The van der Waals surface area contributed by atoms with Crippen molar-refractivity contribution in [2.45, 2.75) is 50.6 Å². The van der Waals surface area contributed by atoms with Gasteiger partial charge in [0.25, 0.3) is 0 Å². The van der Waals surface area contributed by atoms with Crippen LogP contribution in [0.2, 0.25) is 0 Å². The molecule has 0 aromatic heterocycles. The Morgan fingerprint density at radius 2 is 2.19 bits per heavy atom. The summed E-state index contributed by atoms with van der Waals surface area (Å²) in [5.74, 6) is -0.393. The molecule has 4 nitrogen and oxygen atoms in total. The quantitative estimate of drug-likeness (QED) is 0.562. The normalized spacial score (nSPS) is 23.4. The van der Waals surface area contributed by atoms with E-state index < -0.39 is 10.9 Å². The minimum absolute atomic E-state index is 0.0309. The van der Waals surface area contributed by atoms with E-state index in [0.717, 1.165) is 0 Å². The highest BCUT2D eigenvalue weighted by atomic mass is 35.5. The molecule has 1 aliphatic rings. The number of alkyl halides is 1. The Labute approximate surface area is 101 Å². The summed E-state index contributed by atoms with van der Waals surface area (Å²) in [6.45, 7) is 5.52. The van der Waals surface area contributed by atoms with Crippen LogP contribution >= 0.6 is 11.6 Å². The lowest BCUT2D eigenvalue weighted by Crippen LogP contribution is -2.51. The van der Waals surface area contributed by atoms with Gasteiger partial charge < -0.3 is 9.64 Å².